The fourth-order valence-electron chi connectivity index (χ4n) is 2.25. The lowest BCUT2D eigenvalue weighted by Crippen LogP contribution is -2.48. The molecule has 0 aliphatic carbocycles. The summed E-state index contributed by atoms with van der Waals surface area (Å²) < 4.78 is 0. The molecule has 1 saturated heterocycles. The van der Waals surface area contributed by atoms with Crippen molar-refractivity contribution in [3.8, 4) is 0 Å². The number of hydrogen-bond acceptors (Lipinski definition) is 3. The molecular weight excluding hydrogens is 250 g/mol. The molecule has 1 heterocycles. The Hall–Kier alpha value is -1.79. The number of hydrogen-bond donors (Lipinski definition) is 2. The van der Waals surface area contributed by atoms with E-state index in [-0.39, 0.29) is 30.9 Å². The number of carbonyl (C=O) groups excluding carboxylic acids is 2. The highest BCUT2D eigenvalue weighted by Gasteiger charge is 2.33. The lowest BCUT2D eigenvalue weighted by molar-refractivity contribution is -0.138. The Kier molecular flexibility index (Phi) is 5.59. The predicted octanol–water partition coefficient (Wildman–Crippen LogP) is 0.113. The van der Waals surface area contributed by atoms with E-state index in [9.17, 15) is 14.4 Å². The molecule has 0 saturated carbocycles. The summed E-state index contributed by atoms with van der Waals surface area (Å²) in [6, 6.07) is -0.515. The Labute approximate surface area is 112 Å². The summed E-state index contributed by atoms with van der Waals surface area (Å²) in [5, 5.41) is 11.3. The number of rotatable bonds is 5. The zero-order valence-electron chi connectivity index (χ0n) is 11.4. The van der Waals surface area contributed by atoms with Crippen molar-refractivity contribution in [2.45, 2.75) is 32.2 Å². The quantitative estimate of drug-likeness (QED) is 0.743. The first-order valence-electron chi connectivity index (χ1n) is 6.47. The highest BCUT2D eigenvalue weighted by Crippen LogP contribution is 2.21. The summed E-state index contributed by atoms with van der Waals surface area (Å²) in [6.45, 7) is 2.77. The van der Waals surface area contributed by atoms with Gasteiger partial charge in [0.1, 0.15) is 6.54 Å². The normalized spacial score (nSPS) is 18.2. The van der Waals surface area contributed by atoms with Gasteiger partial charge in [0.2, 0.25) is 5.91 Å². The summed E-state index contributed by atoms with van der Waals surface area (Å²) in [7, 11) is 1.52. The van der Waals surface area contributed by atoms with Crippen LogP contribution in [0.25, 0.3) is 0 Å². The minimum absolute atomic E-state index is 0.00211. The highest BCUT2D eigenvalue weighted by molar-refractivity contribution is 5.84. The van der Waals surface area contributed by atoms with Crippen molar-refractivity contribution in [3.63, 3.8) is 0 Å². The minimum Gasteiger partial charge on any atom is -0.481 e. The van der Waals surface area contributed by atoms with E-state index in [2.05, 4.69) is 5.32 Å². The molecule has 2 N–H and O–H groups in total. The molecule has 1 aliphatic heterocycles. The standard InChI is InChI=1S/C12H21N3O4/c1-3-14(8-10(16)13-2)12(19)15-6-4-5-9(15)7-11(17)18/h9H,3-8H2,1-2H3,(H,13,16)(H,17,18). The molecule has 1 fully saturated rings. The first kappa shape index (κ1) is 15.3. The van der Waals surface area contributed by atoms with Gasteiger partial charge in [-0.3, -0.25) is 9.59 Å². The van der Waals surface area contributed by atoms with Gasteiger partial charge in [-0.25, -0.2) is 4.79 Å². The number of nitrogens with one attached hydrogen (secondary N) is 1. The summed E-state index contributed by atoms with van der Waals surface area (Å²) in [6.07, 6.45) is 1.47. The molecule has 7 heteroatoms. The van der Waals surface area contributed by atoms with Crippen LogP contribution in [-0.4, -0.2) is 65.5 Å². The van der Waals surface area contributed by atoms with Gasteiger partial charge >= 0.3 is 12.0 Å². The van der Waals surface area contributed by atoms with E-state index in [0.717, 1.165) is 6.42 Å². The molecule has 0 spiro atoms. The van der Waals surface area contributed by atoms with Crippen molar-refractivity contribution in [2.24, 2.45) is 0 Å². The number of carboxylic acids is 1. The van der Waals surface area contributed by atoms with E-state index in [1.54, 1.807) is 11.8 Å². The molecule has 0 radical (unpaired) electrons. The Balaban J connectivity index is 2.67. The number of aliphatic carboxylic acids is 1. The van der Waals surface area contributed by atoms with Crippen LogP contribution in [0.3, 0.4) is 0 Å². The fraction of sp³-hybridized carbons (Fsp3) is 0.750. The van der Waals surface area contributed by atoms with Crippen molar-refractivity contribution in [1.29, 1.82) is 0 Å². The van der Waals surface area contributed by atoms with E-state index < -0.39 is 5.97 Å². The third-order valence-corrected chi connectivity index (χ3v) is 3.30. The van der Waals surface area contributed by atoms with Crippen LogP contribution in [0.15, 0.2) is 0 Å². The maximum atomic E-state index is 12.3. The molecule has 1 rings (SSSR count). The van der Waals surface area contributed by atoms with Gasteiger partial charge in [0.15, 0.2) is 0 Å². The second-order valence-electron chi connectivity index (χ2n) is 4.56. The number of amides is 3. The van der Waals surface area contributed by atoms with E-state index >= 15 is 0 Å². The smallest absolute Gasteiger partial charge is 0.320 e. The number of nitrogens with zero attached hydrogens (tertiary/aromatic N) is 2. The predicted molar refractivity (Wildman–Crippen MR) is 68.7 cm³/mol. The average molecular weight is 271 g/mol. The zero-order valence-corrected chi connectivity index (χ0v) is 11.4. The Morgan fingerprint density at radius 2 is 2.11 bits per heavy atom. The first-order chi connectivity index (χ1) is 8.99. The van der Waals surface area contributed by atoms with Gasteiger partial charge in [0, 0.05) is 26.2 Å². The first-order valence-corrected chi connectivity index (χ1v) is 6.47. The van der Waals surface area contributed by atoms with E-state index in [1.807, 2.05) is 0 Å². The molecule has 0 aromatic rings. The number of likely N-dealkylation sites (N-methyl/N-ethyl adjacent to an activating group) is 2. The van der Waals surface area contributed by atoms with Crippen LogP contribution in [0.5, 0.6) is 0 Å². The molecule has 0 aromatic heterocycles. The molecule has 108 valence electrons. The zero-order chi connectivity index (χ0) is 14.4. The van der Waals surface area contributed by atoms with Crippen LogP contribution in [0, 0.1) is 0 Å². The fourth-order valence-corrected chi connectivity index (χ4v) is 2.25. The molecule has 0 aromatic carbocycles. The molecular formula is C12H21N3O4. The molecule has 1 unspecified atom stereocenters. The molecule has 1 atom stereocenters. The van der Waals surface area contributed by atoms with Gasteiger partial charge in [0.25, 0.3) is 0 Å². The topological polar surface area (TPSA) is 90.0 Å². The van der Waals surface area contributed by atoms with Gasteiger partial charge < -0.3 is 20.2 Å². The second kappa shape index (κ2) is 6.96. The maximum absolute atomic E-state index is 12.3. The van der Waals surface area contributed by atoms with Crippen LogP contribution in [0.1, 0.15) is 26.2 Å². The van der Waals surface area contributed by atoms with E-state index in [1.165, 1.54) is 11.9 Å². The molecule has 0 bridgehead atoms. The van der Waals surface area contributed by atoms with Crippen LogP contribution in [-0.2, 0) is 9.59 Å². The number of carbonyl (C=O) groups is 3. The molecule has 3 amide bonds. The van der Waals surface area contributed by atoms with Crippen molar-refractivity contribution in [3.05, 3.63) is 0 Å². The van der Waals surface area contributed by atoms with Crippen LogP contribution >= 0.6 is 0 Å². The van der Waals surface area contributed by atoms with Gasteiger partial charge in [0.05, 0.1) is 6.42 Å². The van der Waals surface area contributed by atoms with Gasteiger partial charge in [-0.05, 0) is 19.8 Å². The van der Waals surface area contributed by atoms with Gasteiger partial charge in [-0.2, -0.15) is 0 Å². The van der Waals surface area contributed by atoms with Crippen molar-refractivity contribution in [2.75, 3.05) is 26.7 Å². The van der Waals surface area contributed by atoms with Crippen LogP contribution < -0.4 is 5.32 Å². The van der Waals surface area contributed by atoms with E-state index in [4.69, 9.17) is 5.11 Å². The van der Waals surface area contributed by atoms with Gasteiger partial charge in [-0.1, -0.05) is 0 Å². The third kappa shape index (κ3) is 4.11. The lowest BCUT2D eigenvalue weighted by Gasteiger charge is -2.30. The van der Waals surface area contributed by atoms with Gasteiger partial charge in [-0.15, -0.1) is 0 Å². The maximum Gasteiger partial charge on any atom is 0.320 e. The highest BCUT2D eigenvalue weighted by atomic mass is 16.4. The second-order valence-corrected chi connectivity index (χ2v) is 4.56. The number of carboxylic acid groups (broad SMARTS) is 1. The summed E-state index contributed by atoms with van der Waals surface area (Å²) in [5.41, 5.74) is 0. The van der Waals surface area contributed by atoms with Crippen molar-refractivity contribution >= 4 is 17.9 Å². The third-order valence-electron chi connectivity index (χ3n) is 3.30. The van der Waals surface area contributed by atoms with Crippen molar-refractivity contribution in [1.82, 2.24) is 15.1 Å². The van der Waals surface area contributed by atoms with E-state index in [0.29, 0.717) is 19.5 Å². The Morgan fingerprint density at radius 3 is 2.63 bits per heavy atom. The lowest BCUT2D eigenvalue weighted by atomic mass is 10.1. The minimum atomic E-state index is -0.904. The van der Waals surface area contributed by atoms with Crippen LogP contribution in [0.4, 0.5) is 4.79 Å². The Morgan fingerprint density at radius 1 is 1.42 bits per heavy atom. The molecule has 7 nitrogen and oxygen atoms in total. The monoisotopic (exact) mass is 271 g/mol. The number of likely N-dealkylation sites (tertiary alicyclic amines) is 1. The summed E-state index contributed by atoms with van der Waals surface area (Å²) >= 11 is 0. The number of urea groups is 1. The molecule has 1 aliphatic rings. The molecule has 19 heavy (non-hydrogen) atoms. The largest absolute Gasteiger partial charge is 0.481 e. The van der Waals surface area contributed by atoms with Crippen molar-refractivity contribution < 1.29 is 19.5 Å². The van der Waals surface area contributed by atoms with Crippen LogP contribution in [0.2, 0.25) is 0 Å². The Bertz CT molecular complexity index is 359. The summed E-state index contributed by atoms with van der Waals surface area (Å²) in [5.74, 6) is -1.14. The SMILES string of the molecule is CCN(CC(=O)NC)C(=O)N1CCCC1CC(=O)O. The average Bonchev–Trinajstić information content (AvgIpc) is 2.81. The summed E-state index contributed by atoms with van der Waals surface area (Å²) in [4.78, 5) is 37.4.